The molecule has 8 heteroatoms. The van der Waals surface area contributed by atoms with Gasteiger partial charge in [-0.3, -0.25) is 9.98 Å². The summed E-state index contributed by atoms with van der Waals surface area (Å²) in [5, 5.41) is 21.2. The Morgan fingerprint density at radius 1 is 0.714 bits per heavy atom. The summed E-state index contributed by atoms with van der Waals surface area (Å²) in [4.78, 5) is 8.83. The zero-order chi connectivity index (χ0) is 20.3. The molecule has 3 aromatic carbocycles. The molecular formula is C20H12Br2Cl2N2O2. The second-order valence-corrected chi connectivity index (χ2v) is 8.24. The van der Waals surface area contributed by atoms with Gasteiger partial charge >= 0.3 is 0 Å². The number of hydrogen-bond acceptors (Lipinski definition) is 4. The molecule has 4 nitrogen and oxygen atoms in total. The van der Waals surface area contributed by atoms with Crippen molar-refractivity contribution in [3.63, 3.8) is 0 Å². The van der Waals surface area contributed by atoms with E-state index in [0.717, 1.165) is 0 Å². The first kappa shape index (κ1) is 20.9. The zero-order valence-electron chi connectivity index (χ0n) is 14.1. The fourth-order valence-electron chi connectivity index (χ4n) is 2.33. The highest BCUT2D eigenvalue weighted by molar-refractivity contribution is 9.10. The minimum atomic E-state index is 0.0443. The summed E-state index contributed by atoms with van der Waals surface area (Å²) in [6.45, 7) is 0. The molecule has 28 heavy (non-hydrogen) atoms. The quantitative estimate of drug-likeness (QED) is 0.337. The van der Waals surface area contributed by atoms with Gasteiger partial charge < -0.3 is 10.2 Å². The number of halogens is 4. The summed E-state index contributed by atoms with van der Waals surface area (Å²) in [5.41, 5.74) is 2.09. The van der Waals surface area contributed by atoms with Gasteiger partial charge in [0, 0.05) is 33.6 Å². The van der Waals surface area contributed by atoms with Gasteiger partial charge in [0.25, 0.3) is 0 Å². The van der Waals surface area contributed by atoms with Crippen molar-refractivity contribution in [2.24, 2.45) is 9.98 Å². The fraction of sp³-hybridized carbons (Fsp3) is 0. The van der Waals surface area contributed by atoms with E-state index in [0.29, 0.717) is 41.5 Å². The van der Waals surface area contributed by atoms with E-state index in [-0.39, 0.29) is 11.5 Å². The van der Waals surface area contributed by atoms with Crippen LogP contribution in [0.3, 0.4) is 0 Å². The van der Waals surface area contributed by atoms with Crippen LogP contribution in [0, 0.1) is 0 Å². The molecule has 0 aliphatic heterocycles. The third-order valence-electron chi connectivity index (χ3n) is 3.68. The number of hydrogen-bond donors (Lipinski definition) is 2. The molecule has 0 aliphatic carbocycles. The van der Waals surface area contributed by atoms with Crippen molar-refractivity contribution in [2.45, 2.75) is 0 Å². The molecule has 0 fully saturated rings. The second kappa shape index (κ2) is 9.09. The van der Waals surface area contributed by atoms with Crippen LogP contribution in [0.4, 0.5) is 11.4 Å². The Kier molecular flexibility index (Phi) is 6.78. The van der Waals surface area contributed by atoms with Gasteiger partial charge in [0.1, 0.15) is 11.5 Å². The Labute approximate surface area is 188 Å². The highest BCUT2D eigenvalue weighted by atomic mass is 79.9. The average molecular weight is 543 g/mol. The monoisotopic (exact) mass is 540 g/mol. The molecule has 0 aliphatic rings. The minimum Gasteiger partial charge on any atom is -0.506 e. The van der Waals surface area contributed by atoms with Crippen LogP contribution in [0.15, 0.2) is 67.5 Å². The fourth-order valence-corrected chi connectivity index (χ4v) is 4.00. The molecule has 0 saturated carbocycles. The maximum absolute atomic E-state index is 10.1. The third kappa shape index (κ3) is 4.94. The van der Waals surface area contributed by atoms with E-state index < -0.39 is 0 Å². The normalized spacial score (nSPS) is 11.6. The SMILES string of the molecule is Oc1c(Br)cc(Cl)cc1C=Nc1ccccc1N=Cc1cc(Cl)cc(Br)c1O. The molecule has 2 N–H and O–H groups in total. The van der Waals surface area contributed by atoms with Gasteiger partial charge in [-0.15, -0.1) is 0 Å². The Morgan fingerprint density at radius 2 is 1.11 bits per heavy atom. The first-order valence-electron chi connectivity index (χ1n) is 7.88. The van der Waals surface area contributed by atoms with Crippen molar-refractivity contribution in [3.05, 3.63) is 78.6 Å². The summed E-state index contributed by atoms with van der Waals surface area (Å²) >= 11 is 18.6. The summed E-state index contributed by atoms with van der Waals surface area (Å²) in [7, 11) is 0. The van der Waals surface area contributed by atoms with E-state index in [2.05, 4.69) is 41.8 Å². The predicted octanol–water partition coefficient (Wildman–Crippen LogP) is 7.43. The van der Waals surface area contributed by atoms with Crippen LogP contribution in [0.2, 0.25) is 10.0 Å². The van der Waals surface area contributed by atoms with E-state index in [9.17, 15) is 10.2 Å². The number of phenolic OH excluding ortho intramolecular Hbond substituents is 2. The van der Waals surface area contributed by atoms with Gasteiger partial charge in [0.05, 0.1) is 20.3 Å². The van der Waals surface area contributed by atoms with Gasteiger partial charge in [-0.25, -0.2) is 0 Å². The summed E-state index contributed by atoms with van der Waals surface area (Å²) in [5.74, 6) is 0.0886. The lowest BCUT2D eigenvalue weighted by Crippen LogP contribution is -1.85. The van der Waals surface area contributed by atoms with Crippen LogP contribution < -0.4 is 0 Å². The molecule has 0 aromatic heterocycles. The van der Waals surface area contributed by atoms with E-state index in [1.807, 2.05) is 12.1 Å². The van der Waals surface area contributed by atoms with E-state index in [4.69, 9.17) is 23.2 Å². The smallest absolute Gasteiger partial charge is 0.138 e. The Bertz CT molecular complexity index is 1020. The molecule has 3 rings (SSSR count). The van der Waals surface area contributed by atoms with Crippen LogP contribution in [-0.2, 0) is 0 Å². The van der Waals surface area contributed by atoms with Gasteiger partial charge in [0.2, 0.25) is 0 Å². The number of benzene rings is 3. The van der Waals surface area contributed by atoms with Crippen molar-refractivity contribution in [3.8, 4) is 11.5 Å². The van der Waals surface area contributed by atoms with Crippen LogP contribution in [0.5, 0.6) is 11.5 Å². The van der Waals surface area contributed by atoms with Gasteiger partial charge in [-0.2, -0.15) is 0 Å². The number of phenols is 2. The molecule has 142 valence electrons. The van der Waals surface area contributed by atoms with Crippen LogP contribution in [0.1, 0.15) is 11.1 Å². The first-order chi connectivity index (χ1) is 13.3. The van der Waals surface area contributed by atoms with Crippen LogP contribution >= 0.6 is 55.1 Å². The summed E-state index contributed by atoms with van der Waals surface area (Å²) < 4.78 is 0.963. The molecule has 3 aromatic rings. The third-order valence-corrected chi connectivity index (χ3v) is 5.33. The number of nitrogens with zero attached hydrogens (tertiary/aromatic N) is 2. The second-order valence-electron chi connectivity index (χ2n) is 5.66. The van der Waals surface area contributed by atoms with Crippen molar-refractivity contribution >= 4 is 78.9 Å². The number of rotatable bonds is 4. The molecule has 0 atom stereocenters. The van der Waals surface area contributed by atoms with Crippen LogP contribution in [0.25, 0.3) is 0 Å². The Balaban J connectivity index is 1.95. The summed E-state index contributed by atoms with van der Waals surface area (Å²) in [6.07, 6.45) is 3.02. The Hall–Kier alpha value is -1.86. The lowest BCUT2D eigenvalue weighted by molar-refractivity contribution is 0.470. The van der Waals surface area contributed by atoms with E-state index >= 15 is 0 Å². The predicted molar refractivity (Wildman–Crippen MR) is 123 cm³/mol. The highest BCUT2D eigenvalue weighted by Gasteiger charge is 2.08. The van der Waals surface area contributed by atoms with Gasteiger partial charge in [-0.1, -0.05) is 35.3 Å². The maximum Gasteiger partial charge on any atom is 0.138 e. The Morgan fingerprint density at radius 3 is 1.50 bits per heavy atom. The lowest BCUT2D eigenvalue weighted by atomic mass is 10.2. The number of aromatic hydroxyl groups is 2. The van der Waals surface area contributed by atoms with Crippen molar-refractivity contribution < 1.29 is 10.2 Å². The number of aliphatic imine (C=N–C) groups is 2. The molecule has 0 heterocycles. The molecule has 0 saturated heterocycles. The molecule has 0 amide bonds. The highest BCUT2D eigenvalue weighted by Crippen LogP contribution is 2.33. The van der Waals surface area contributed by atoms with Crippen molar-refractivity contribution in [1.29, 1.82) is 0 Å². The minimum absolute atomic E-state index is 0.0443. The lowest BCUT2D eigenvalue weighted by Gasteiger charge is -2.05. The zero-order valence-corrected chi connectivity index (χ0v) is 18.8. The number of para-hydroxylation sites is 2. The molecule has 0 bridgehead atoms. The first-order valence-corrected chi connectivity index (χ1v) is 10.2. The maximum atomic E-state index is 10.1. The van der Waals surface area contributed by atoms with Gasteiger partial charge in [0.15, 0.2) is 0 Å². The van der Waals surface area contributed by atoms with Gasteiger partial charge in [-0.05, 0) is 68.3 Å². The van der Waals surface area contributed by atoms with Crippen LogP contribution in [-0.4, -0.2) is 22.6 Å². The molecule has 0 radical (unpaired) electrons. The summed E-state index contributed by atoms with van der Waals surface area (Å²) in [6, 6.07) is 13.6. The average Bonchev–Trinajstić information content (AvgIpc) is 2.65. The topological polar surface area (TPSA) is 65.2 Å². The standard InChI is InChI=1S/C20H12Br2Cl2N2O2/c21-15-7-13(23)5-11(19(15)27)9-25-17-3-1-2-4-18(17)26-10-12-6-14(24)8-16(22)20(12)28/h1-10,27-28H. The molecule has 0 unspecified atom stereocenters. The van der Waals surface area contributed by atoms with Crippen molar-refractivity contribution in [1.82, 2.24) is 0 Å². The van der Waals surface area contributed by atoms with E-state index in [1.54, 1.807) is 36.4 Å². The molecular weight excluding hydrogens is 531 g/mol. The largest absolute Gasteiger partial charge is 0.506 e. The molecule has 0 spiro atoms. The van der Waals surface area contributed by atoms with Crippen molar-refractivity contribution in [2.75, 3.05) is 0 Å². The van der Waals surface area contributed by atoms with E-state index in [1.165, 1.54) is 12.4 Å².